The van der Waals surface area contributed by atoms with Gasteiger partial charge in [0, 0.05) is 22.0 Å². The molecule has 2 N–H and O–H groups in total. The molecule has 1 aromatic heterocycles. The quantitative estimate of drug-likeness (QED) is 0.427. The summed E-state index contributed by atoms with van der Waals surface area (Å²) in [6.07, 6.45) is 4.85. The monoisotopic (exact) mass is 477 g/mol. The van der Waals surface area contributed by atoms with Gasteiger partial charge in [-0.1, -0.05) is 30.2 Å². The van der Waals surface area contributed by atoms with Crippen LogP contribution in [0.25, 0.3) is 5.69 Å². The Morgan fingerprint density at radius 3 is 2.62 bits per heavy atom. The van der Waals surface area contributed by atoms with Crippen molar-refractivity contribution in [3.63, 3.8) is 0 Å². The van der Waals surface area contributed by atoms with Gasteiger partial charge in [0.25, 0.3) is 5.91 Å². The van der Waals surface area contributed by atoms with Crippen molar-refractivity contribution in [3.05, 3.63) is 76.1 Å². The average Bonchev–Trinajstić information content (AvgIpc) is 3.23. The molecule has 4 amide bonds. The Hall–Kier alpha value is -3.65. The van der Waals surface area contributed by atoms with Crippen LogP contribution in [0.5, 0.6) is 0 Å². The van der Waals surface area contributed by atoms with Crippen molar-refractivity contribution in [2.45, 2.75) is 38.6 Å². The van der Waals surface area contributed by atoms with Crippen LogP contribution in [0.3, 0.4) is 0 Å². The number of hydrogen-bond acceptors (Lipinski definition) is 4. The summed E-state index contributed by atoms with van der Waals surface area (Å²) in [5, 5.41) is 10.8. The smallest absolute Gasteiger partial charge is 0.324 e. The van der Waals surface area contributed by atoms with Crippen LogP contribution in [0, 0.1) is 0 Å². The summed E-state index contributed by atoms with van der Waals surface area (Å²) in [7, 11) is 0. The molecule has 9 heteroatoms. The third-order valence-corrected chi connectivity index (χ3v) is 6.43. The molecule has 174 valence electrons. The highest BCUT2D eigenvalue weighted by Crippen LogP contribution is 2.27. The number of carbonyl (C=O) groups excluding carboxylic acids is 3. The zero-order chi connectivity index (χ0) is 23.7. The summed E-state index contributed by atoms with van der Waals surface area (Å²) < 4.78 is 1.86. The number of imide groups is 1. The summed E-state index contributed by atoms with van der Waals surface area (Å²) >= 11 is 6.06. The lowest BCUT2D eigenvalue weighted by Gasteiger charge is -2.13. The van der Waals surface area contributed by atoms with E-state index in [9.17, 15) is 14.4 Å². The second kappa shape index (κ2) is 9.30. The maximum Gasteiger partial charge on any atom is 0.324 e. The van der Waals surface area contributed by atoms with E-state index in [0.29, 0.717) is 16.4 Å². The molecular weight excluding hydrogens is 454 g/mol. The van der Waals surface area contributed by atoms with E-state index in [1.54, 1.807) is 18.2 Å². The minimum atomic E-state index is -0.408. The highest BCUT2D eigenvalue weighted by Gasteiger charge is 2.28. The van der Waals surface area contributed by atoms with Crippen molar-refractivity contribution in [1.29, 1.82) is 0 Å². The highest BCUT2D eigenvalue weighted by molar-refractivity contribution is 6.30. The van der Waals surface area contributed by atoms with E-state index in [1.165, 1.54) is 0 Å². The predicted molar refractivity (Wildman–Crippen MR) is 128 cm³/mol. The molecule has 0 spiro atoms. The Kier molecular flexibility index (Phi) is 6.06. The Bertz CT molecular complexity index is 1250. The van der Waals surface area contributed by atoms with Crippen LogP contribution in [0.2, 0.25) is 5.02 Å². The fraction of sp³-hybridized carbons (Fsp3) is 0.280. The van der Waals surface area contributed by atoms with E-state index in [0.717, 1.165) is 59.5 Å². The first-order valence-corrected chi connectivity index (χ1v) is 11.7. The Morgan fingerprint density at radius 1 is 1.06 bits per heavy atom. The van der Waals surface area contributed by atoms with Crippen molar-refractivity contribution in [3.8, 4) is 5.69 Å². The molecule has 8 nitrogen and oxygen atoms in total. The molecule has 1 saturated heterocycles. The molecule has 5 rings (SSSR count). The van der Waals surface area contributed by atoms with E-state index >= 15 is 0 Å². The van der Waals surface area contributed by atoms with Crippen molar-refractivity contribution in [2.75, 3.05) is 11.9 Å². The molecule has 2 heterocycles. The average molecular weight is 478 g/mol. The van der Waals surface area contributed by atoms with Gasteiger partial charge in [0.05, 0.1) is 18.8 Å². The first-order valence-electron chi connectivity index (χ1n) is 11.3. The number of halogens is 1. The first kappa shape index (κ1) is 22.2. The maximum atomic E-state index is 13.3. The van der Waals surface area contributed by atoms with Gasteiger partial charge in [-0.15, -0.1) is 0 Å². The SMILES string of the molecule is O=C(Nc1cccc(CN2C(=O)CNC2=O)c1)c1nn(-c2ccc(Cl)cc2)c2c1CCCCC2. The summed E-state index contributed by atoms with van der Waals surface area (Å²) in [5.41, 5.74) is 4.67. The zero-order valence-electron chi connectivity index (χ0n) is 18.5. The topological polar surface area (TPSA) is 96.3 Å². The van der Waals surface area contributed by atoms with Gasteiger partial charge in [-0.2, -0.15) is 5.10 Å². The van der Waals surface area contributed by atoms with Crippen LogP contribution in [0.15, 0.2) is 48.5 Å². The van der Waals surface area contributed by atoms with E-state index in [-0.39, 0.29) is 24.9 Å². The van der Waals surface area contributed by atoms with Crippen molar-refractivity contribution >= 4 is 35.1 Å². The molecule has 0 bridgehead atoms. The minimum Gasteiger partial charge on any atom is -0.329 e. The Balaban J connectivity index is 1.41. The fourth-order valence-corrected chi connectivity index (χ4v) is 4.62. The summed E-state index contributed by atoms with van der Waals surface area (Å²) in [6, 6.07) is 14.2. The number of fused-ring (bicyclic) bond motifs is 1. The second-order valence-corrected chi connectivity index (χ2v) is 8.95. The standard InChI is InChI=1S/C25H24ClN5O3/c26-17-9-11-19(12-10-17)31-21-8-3-1-2-7-20(21)23(29-31)24(33)28-18-6-4-5-16(13-18)15-30-22(32)14-27-25(30)34/h4-6,9-13H,1-3,7-8,14-15H2,(H,27,34)(H,28,33). The summed E-state index contributed by atoms with van der Waals surface area (Å²) in [5.74, 6) is -0.548. The number of carbonyl (C=O) groups is 3. The number of nitrogens with zero attached hydrogens (tertiary/aromatic N) is 3. The second-order valence-electron chi connectivity index (χ2n) is 8.52. The van der Waals surface area contributed by atoms with Gasteiger partial charge in [-0.3, -0.25) is 14.5 Å². The number of rotatable bonds is 5. The van der Waals surface area contributed by atoms with Crippen LogP contribution in [-0.4, -0.2) is 39.1 Å². The lowest BCUT2D eigenvalue weighted by atomic mass is 10.1. The molecule has 1 aliphatic carbocycles. The molecule has 1 fully saturated rings. The lowest BCUT2D eigenvalue weighted by Crippen LogP contribution is -2.30. The number of anilines is 1. The van der Waals surface area contributed by atoms with Gasteiger partial charge in [-0.05, 0) is 67.6 Å². The van der Waals surface area contributed by atoms with Crippen LogP contribution < -0.4 is 10.6 Å². The third kappa shape index (κ3) is 4.41. The lowest BCUT2D eigenvalue weighted by molar-refractivity contribution is -0.125. The van der Waals surface area contributed by atoms with Gasteiger partial charge in [0.2, 0.25) is 5.91 Å². The van der Waals surface area contributed by atoms with Gasteiger partial charge in [0.1, 0.15) is 0 Å². The third-order valence-electron chi connectivity index (χ3n) is 6.18. The molecule has 0 atom stereocenters. The van der Waals surface area contributed by atoms with Crippen molar-refractivity contribution < 1.29 is 14.4 Å². The highest BCUT2D eigenvalue weighted by atomic mass is 35.5. The van der Waals surface area contributed by atoms with Crippen LogP contribution >= 0.6 is 11.6 Å². The van der Waals surface area contributed by atoms with E-state index in [2.05, 4.69) is 10.6 Å². The predicted octanol–water partition coefficient (Wildman–Crippen LogP) is 4.10. The molecule has 1 aliphatic heterocycles. The normalized spacial score (nSPS) is 15.6. The molecule has 2 aromatic carbocycles. The number of urea groups is 1. The van der Waals surface area contributed by atoms with Gasteiger partial charge >= 0.3 is 6.03 Å². The number of nitrogens with one attached hydrogen (secondary N) is 2. The molecule has 3 aromatic rings. The first-order chi connectivity index (χ1) is 16.5. The molecule has 2 aliphatic rings. The number of hydrogen-bond donors (Lipinski definition) is 2. The van der Waals surface area contributed by atoms with Crippen molar-refractivity contribution in [2.24, 2.45) is 0 Å². The van der Waals surface area contributed by atoms with E-state index < -0.39 is 6.03 Å². The van der Waals surface area contributed by atoms with E-state index in [4.69, 9.17) is 16.7 Å². The fourth-order valence-electron chi connectivity index (χ4n) is 4.49. The molecule has 0 radical (unpaired) electrons. The largest absolute Gasteiger partial charge is 0.329 e. The Labute approximate surface area is 201 Å². The number of aromatic nitrogens is 2. The van der Waals surface area contributed by atoms with Crippen molar-refractivity contribution in [1.82, 2.24) is 20.0 Å². The zero-order valence-corrected chi connectivity index (χ0v) is 19.3. The van der Waals surface area contributed by atoms with Crippen LogP contribution in [0.4, 0.5) is 10.5 Å². The molecule has 0 saturated carbocycles. The number of benzene rings is 2. The van der Waals surface area contributed by atoms with Gasteiger partial charge in [0.15, 0.2) is 5.69 Å². The molecule has 34 heavy (non-hydrogen) atoms. The van der Waals surface area contributed by atoms with Gasteiger partial charge < -0.3 is 10.6 Å². The van der Waals surface area contributed by atoms with Gasteiger partial charge in [-0.25, -0.2) is 9.48 Å². The summed E-state index contributed by atoms with van der Waals surface area (Å²) in [6.45, 7) is 0.158. The molecular formula is C25H24ClN5O3. The molecule has 0 unspecified atom stereocenters. The van der Waals surface area contributed by atoms with E-state index in [1.807, 2.05) is 35.0 Å². The minimum absolute atomic E-state index is 0.0106. The van der Waals surface area contributed by atoms with Crippen LogP contribution in [-0.2, 0) is 24.2 Å². The number of amides is 4. The van der Waals surface area contributed by atoms with Crippen LogP contribution in [0.1, 0.15) is 46.6 Å². The summed E-state index contributed by atoms with van der Waals surface area (Å²) in [4.78, 5) is 38.2. The maximum absolute atomic E-state index is 13.3. The Morgan fingerprint density at radius 2 is 1.85 bits per heavy atom.